The minimum atomic E-state index is -4.36. The summed E-state index contributed by atoms with van der Waals surface area (Å²) in [5, 5.41) is 15.5. The van der Waals surface area contributed by atoms with Crippen LogP contribution in [0.1, 0.15) is 65.2 Å². The number of aryl methyl sites for hydroxylation is 2. The predicted molar refractivity (Wildman–Crippen MR) is 157 cm³/mol. The Bertz CT molecular complexity index is 1430. The fourth-order valence-corrected chi connectivity index (χ4v) is 5.63. The molecule has 10 nitrogen and oxygen atoms in total. The van der Waals surface area contributed by atoms with E-state index in [0.29, 0.717) is 17.9 Å². The number of aromatic nitrogens is 2. The summed E-state index contributed by atoms with van der Waals surface area (Å²) in [6.45, 7) is 9.60. The summed E-state index contributed by atoms with van der Waals surface area (Å²) in [5.74, 6) is -1.85. The molecule has 2 aromatic heterocycles. The molecule has 2 saturated heterocycles. The van der Waals surface area contributed by atoms with Crippen molar-refractivity contribution in [1.82, 2.24) is 9.97 Å². The maximum Gasteiger partial charge on any atom is 0.403 e. The van der Waals surface area contributed by atoms with Crippen LogP contribution in [0.4, 0.5) is 49.4 Å². The number of carbonyl (C=O) groups is 2. The molecule has 4 atom stereocenters. The van der Waals surface area contributed by atoms with Crippen molar-refractivity contribution in [3.05, 3.63) is 34.6 Å². The smallest absolute Gasteiger partial charge is 0.403 e. The van der Waals surface area contributed by atoms with Crippen LogP contribution < -0.4 is 26.2 Å². The van der Waals surface area contributed by atoms with Crippen LogP contribution in [0.5, 0.6) is 0 Å². The molecule has 0 aromatic carbocycles. The van der Waals surface area contributed by atoms with E-state index in [4.69, 9.17) is 5.11 Å². The minimum Gasteiger partial charge on any atom is -0.477 e. The van der Waals surface area contributed by atoms with Gasteiger partial charge >= 0.3 is 18.3 Å². The number of nitrogens with zero attached hydrogens (tertiary/aromatic N) is 4. The lowest BCUT2D eigenvalue weighted by Gasteiger charge is -2.29. The van der Waals surface area contributed by atoms with E-state index in [1.165, 1.54) is 0 Å². The highest BCUT2D eigenvalue weighted by molar-refractivity contribution is 5.96. The first-order valence-electron chi connectivity index (χ1n) is 14.6. The van der Waals surface area contributed by atoms with Crippen molar-refractivity contribution in [2.75, 3.05) is 46.6 Å². The van der Waals surface area contributed by atoms with Crippen molar-refractivity contribution < 1.29 is 41.0 Å². The minimum absolute atomic E-state index is 0.113. The zero-order chi connectivity index (χ0) is 33.4. The number of nitrogens with two attached hydrogens (primary N) is 1. The van der Waals surface area contributed by atoms with Crippen molar-refractivity contribution in [3.8, 4) is 0 Å². The Hall–Kier alpha value is -3.82. The highest BCUT2D eigenvalue weighted by Gasteiger charge is 2.38. The molecule has 4 aliphatic heterocycles. The molecule has 45 heavy (non-hydrogen) atoms. The first-order chi connectivity index (χ1) is 20.8. The number of anilines is 4. The summed E-state index contributed by atoms with van der Waals surface area (Å²) < 4.78 is 71.0. The number of rotatable bonds is 4. The van der Waals surface area contributed by atoms with Gasteiger partial charge in [0.2, 0.25) is 0 Å². The molecule has 4 aliphatic rings. The Morgan fingerprint density at radius 1 is 0.889 bits per heavy atom. The Morgan fingerprint density at radius 3 is 1.71 bits per heavy atom. The van der Waals surface area contributed by atoms with Crippen LogP contribution in [0.15, 0.2) is 12.1 Å². The molecule has 248 valence electrons. The maximum atomic E-state index is 12.6. The second-order valence-electron chi connectivity index (χ2n) is 11.9. The molecule has 0 unspecified atom stereocenters. The number of carbonyl (C=O) groups excluding carboxylic acids is 1. The lowest BCUT2D eigenvalue weighted by molar-refractivity contribution is -0.168. The number of hydrogen-bond acceptors (Lipinski definition) is 9. The van der Waals surface area contributed by atoms with Crippen molar-refractivity contribution in [2.45, 2.75) is 77.4 Å². The van der Waals surface area contributed by atoms with Gasteiger partial charge in [0, 0.05) is 44.7 Å². The van der Waals surface area contributed by atoms with Crippen LogP contribution in [0.3, 0.4) is 0 Å². The van der Waals surface area contributed by atoms with Crippen LogP contribution in [-0.4, -0.2) is 83.5 Å². The van der Waals surface area contributed by atoms with Crippen LogP contribution in [0, 0.1) is 19.8 Å². The molecule has 0 saturated carbocycles. The molecule has 5 N–H and O–H groups in total. The molecule has 4 bridgehead atoms. The largest absolute Gasteiger partial charge is 0.477 e. The summed E-state index contributed by atoms with van der Waals surface area (Å²) in [4.78, 5) is 36.0. The fourth-order valence-electron chi connectivity index (χ4n) is 5.63. The Kier molecular flexibility index (Phi) is 9.75. The fraction of sp³-hybridized carbons (Fsp3) is 0.586. The number of Topliss-reactive ketones (excluding diaryl/α,β-unsaturated/α-hetero) is 1. The summed E-state index contributed by atoms with van der Waals surface area (Å²) in [7, 11) is 0. The number of hydrogen-bond donors (Lipinski definition) is 4. The van der Waals surface area contributed by atoms with Gasteiger partial charge in [-0.05, 0) is 56.9 Å². The van der Waals surface area contributed by atoms with E-state index in [-0.39, 0.29) is 11.4 Å². The summed E-state index contributed by atoms with van der Waals surface area (Å²) >= 11 is 0. The van der Waals surface area contributed by atoms with Crippen molar-refractivity contribution in [1.29, 1.82) is 0 Å². The molecule has 2 aromatic rings. The van der Waals surface area contributed by atoms with E-state index in [2.05, 4.69) is 36.1 Å². The maximum absolute atomic E-state index is 12.6. The monoisotopic (exact) mass is 645 g/mol. The molecule has 0 aliphatic carbocycles. The molecule has 0 radical (unpaired) electrons. The van der Waals surface area contributed by atoms with E-state index < -0.39 is 42.5 Å². The van der Waals surface area contributed by atoms with Crippen LogP contribution >= 0.6 is 0 Å². The van der Waals surface area contributed by atoms with Gasteiger partial charge in [0.1, 0.15) is 5.69 Å². The first kappa shape index (κ1) is 34.1. The third-order valence-corrected chi connectivity index (χ3v) is 8.13. The average Bonchev–Trinajstić information content (AvgIpc) is 3.49. The number of fused-ring (bicyclic) bond motifs is 8. The molecule has 6 rings (SSSR count). The number of ketones is 1. The lowest BCUT2D eigenvalue weighted by atomic mass is 10.0. The summed E-state index contributed by atoms with van der Waals surface area (Å²) in [5.41, 5.74) is 8.57. The van der Waals surface area contributed by atoms with E-state index in [1.54, 1.807) is 12.1 Å². The van der Waals surface area contributed by atoms with Gasteiger partial charge < -0.3 is 31.3 Å². The van der Waals surface area contributed by atoms with Crippen molar-refractivity contribution >= 4 is 34.8 Å². The molecular weight excluding hydrogens is 608 g/mol. The van der Waals surface area contributed by atoms with Gasteiger partial charge in [0.15, 0.2) is 23.1 Å². The van der Waals surface area contributed by atoms with E-state index >= 15 is 0 Å². The van der Waals surface area contributed by atoms with Crippen molar-refractivity contribution in [2.24, 2.45) is 11.7 Å². The average molecular weight is 646 g/mol. The van der Waals surface area contributed by atoms with Gasteiger partial charge in [-0.2, -0.15) is 26.3 Å². The lowest BCUT2D eigenvalue weighted by Crippen LogP contribution is -2.33. The van der Waals surface area contributed by atoms with Gasteiger partial charge in [0.05, 0.1) is 23.3 Å². The topological polar surface area (TPSA) is 137 Å². The third-order valence-electron chi connectivity index (χ3n) is 8.13. The molecule has 0 amide bonds. The number of pyridine rings is 2. The van der Waals surface area contributed by atoms with Gasteiger partial charge in [0.25, 0.3) is 0 Å². The van der Waals surface area contributed by atoms with Gasteiger partial charge in [-0.15, -0.1) is 0 Å². The van der Waals surface area contributed by atoms with Crippen LogP contribution in [0.2, 0.25) is 0 Å². The SMILES string of the molecule is C[C@@H](N)C(F)(F)F.Cc1cc(C(=O)C[C@H](C)C(F)(F)F)nc2c1N1CC[C@@H](C1)N2.Cc1cc(C(=O)O)nc2c1N1CC[C@@H](C1)N2. The number of aromatic carboxylic acids is 1. The normalized spacial score (nSPS) is 20.7. The number of carboxylic acid groups (broad SMARTS) is 1. The molecule has 6 heterocycles. The molecule has 0 spiro atoms. The number of alkyl halides is 6. The second kappa shape index (κ2) is 12.9. The number of carboxylic acids is 1. The van der Waals surface area contributed by atoms with E-state index in [1.807, 2.05) is 13.8 Å². The third kappa shape index (κ3) is 7.89. The Morgan fingerprint density at radius 2 is 1.31 bits per heavy atom. The Balaban J connectivity index is 0.000000175. The zero-order valence-electron chi connectivity index (χ0n) is 25.3. The number of halogens is 6. The molecule has 2 fully saturated rings. The highest BCUT2D eigenvalue weighted by atomic mass is 19.4. The van der Waals surface area contributed by atoms with Gasteiger partial charge in [-0.1, -0.05) is 6.92 Å². The second-order valence-corrected chi connectivity index (χ2v) is 11.9. The van der Waals surface area contributed by atoms with Crippen LogP contribution in [0.25, 0.3) is 0 Å². The molecule has 16 heteroatoms. The standard InChI is InChI=1S/C15H18F3N3O.C11H13N3O2.C3H6F3N/c1-8-5-11(12(22)6-9(2)15(16,17)18)20-14-13(8)21-4-3-10(7-21)19-14;1-6-4-8(11(15)16)13-10-9(6)14-3-2-7(5-14)12-10;1-2(7)3(4,5)6/h5,9-10H,3-4,6-7H2,1-2H3,(H,19,20);4,7H,2-3,5H2,1H3,(H,12,13)(H,15,16);2H,7H2,1H3/t9-,10-;7-;2-/m001/s1. The summed E-state index contributed by atoms with van der Waals surface area (Å²) in [6, 6.07) is 2.27. The van der Waals surface area contributed by atoms with Gasteiger partial charge in [-0.25, -0.2) is 14.8 Å². The molecular formula is C29H37F6N7O3. The first-order valence-corrected chi connectivity index (χ1v) is 14.6. The summed E-state index contributed by atoms with van der Waals surface area (Å²) in [6.07, 6.45) is -7.05. The van der Waals surface area contributed by atoms with E-state index in [0.717, 1.165) is 81.2 Å². The quantitative estimate of drug-likeness (QED) is 0.261. The Labute approximate surface area is 256 Å². The predicted octanol–water partition coefficient (Wildman–Crippen LogP) is 5.15. The van der Waals surface area contributed by atoms with E-state index in [9.17, 15) is 35.9 Å². The number of nitrogens with one attached hydrogen (secondary N) is 2. The van der Waals surface area contributed by atoms with Crippen LogP contribution in [-0.2, 0) is 0 Å². The van der Waals surface area contributed by atoms with Gasteiger partial charge in [-0.3, -0.25) is 4.79 Å². The zero-order valence-corrected chi connectivity index (χ0v) is 25.3. The van der Waals surface area contributed by atoms with Crippen molar-refractivity contribution in [3.63, 3.8) is 0 Å². The highest BCUT2D eigenvalue weighted by Crippen LogP contribution is 2.38.